The molecule has 10 heteroatoms. The van der Waals surface area contributed by atoms with Crippen LogP contribution in [-0.2, 0) is 4.79 Å². The van der Waals surface area contributed by atoms with Crippen molar-refractivity contribution in [2.45, 2.75) is 56.5 Å². The summed E-state index contributed by atoms with van der Waals surface area (Å²) >= 11 is 0. The molecular weight excluding hydrogens is 327 g/mol. The summed E-state index contributed by atoms with van der Waals surface area (Å²) in [6, 6.07) is -0.174. The summed E-state index contributed by atoms with van der Waals surface area (Å²) in [5.74, 6) is -5.39. The number of nitrogens with zero attached hydrogens (tertiary/aromatic N) is 1. The van der Waals surface area contributed by atoms with Crippen LogP contribution in [0.2, 0.25) is 0 Å². The molecule has 2 atom stereocenters. The van der Waals surface area contributed by atoms with E-state index >= 15 is 0 Å². The molecule has 0 saturated carbocycles. The molecule has 0 aliphatic carbocycles. The van der Waals surface area contributed by atoms with Crippen LogP contribution in [0.4, 0.5) is 22.0 Å². The fourth-order valence-electron chi connectivity index (χ4n) is 2.86. The number of carboxylic acids is 1. The number of alkyl halides is 5. The molecule has 2 rings (SSSR count). The fourth-order valence-corrected chi connectivity index (χ4v) is 2.86. The lowest BCUT2D eigenvalue weighted by Gasteiger charge is -2.36. The largest absolute Gasteiger partial charge is 0.490 e. The van der Waals surface area contributed by atoms with Crippen LogP contribution in [0.3, 0.4) is 0 Å². The first-order valence-corrected chi connectivity index (χ1v) is 7.26. The first-order valence-electron chi connectivity index (χ1n) is 7.26. The summed E-state index contributed by atoms with van der Waals surface area (Å²) in [5.41, 5.74) is 0. The van der Waals surface area contributed by atoms with Gasteiger partial charge in [-0.1, -0.05) is 0 Å². The minimum absolute atomic E-state index is 0.187. The van der Waals surface area contributed by atoms with Gasteiger partial charge in [-0.15, -0.1) is 0 Å². The van der Waals surface area contributed by atoms with E-state index in [0.29, 0.717) is 0 Å². The van der Waals surface area contributed by atoms with E-state index in [0.717, 1.165) is 25.9 Å². The second-order valence-corrected chi connectivity index (χ2v) is 5.82. The Labute approximate surface area is 130 Å². The Hall–Kier alpha value is -1.00. The number of rotatable bonds is 2. The van der Waals surface area contributed by atoms with E-state index in [2.05, 4.69) is 5.32 Å². The van der Waals surface area contributed by atoms with E-state index in [1.54, 1.807) is 6.92 Å². The van der Waals surface area contributed by atoms with Gasteiger partial charge in [0.05, 0.1) is 12.6 Å². The highest BCUT2D eigenvalue weighted by molar-refractivity contribution is 5.73. The number of likely N-dealkylation sites (tertiary alicyclic amines) is 1. The molecule has 0 aromatic rings. The van der Waals surface area contributed by atoms with Crippen molar-refractivity contribution in [2.75, 3.05) is 19.6 Å². The average molecular weight is 348 g/mol. The van der Waals surface area contributed by atoms with Crippen molar-refractivity contribution in [3.63, 3.8) is 0 Å². The van der Waals surface area contributed by atoms with Crippen LogP contribution in [0.1, 0.15) is 26.2 Å². The van der Waals surface area contributed by atoms with Gasteiger partial charge in [-0.25, -0.2) is 13.6 Å². The van der Waals surface area contributed by atoms with Crippen LogP contribution in [0.15, 0.2) is 0 Å². The predicted octanol–water partition coefficient (Wildman–Crippen LogP) is 1.46. The van der Waals surface area contributed by atoms with E-state index in [9.17, 15) is 27.1 Å². The van der Waals surface area contributed by atoms with Crippen molar-refractivity contribution in [2.24, 2.45) is 0 Å². The fraction of sp³-hybridized carbons (Fsp3) is 0.923. The van der Waals surface area contributed by atoms with Crippen molar-refractivity contribution in [3.8, 4) is 0 Å². The molecule has 2 fully saturated rings. The molecule has 0 aromatic heterocycles. The Morgan fingerprint density at radius 2 is 1.78 bits per heavy atom. The summed E-state index contributed by atoms with van der Waals surface area (Å²) in [6.07, 6.45) is -4.16. The normalized spacial score (nSPS) is 27.2. The summed E-state index contributed by atoms with van der Waals surface area (Å²) in [5, 5.41) is 19.9. The van der Waals surface area contributed by atoms with Gasteiger partial charge in [0.25, 0.3) is 5.92 Å². The van der Waals surface area contributed by atoms with Crippen LogP contribution in [0, 0.1) is 0 Å². The van der Waals surface area contributed by atoms with E-state index in [4.69, 9.17) is 9.90 Å². The first-order chi connectivity index (χ1) is 10.4. The van der Waals surface area contributed by atoms with Crippen LogP contribution in [0.25, 0.3) is 0 Å². The topological polar surface area (TPSA) is 72.8 Å². The third-order valence-electron chi connectivity index (χ3n) is 3.92. The Morgan fingerprint density at radius 3 is 2.17 bits per heavy atom. The SMILES string of the molecule is CC(O)[C@H]1CC(F)(F)CN1C1CCNCC1.O=C(O)C(F)(F)F. The Bertz CT molecular complexity index is 398. The molecule has 23 heavy (non-hydrogen) atoms. The quantitative estimate of drug-likeness (QED) is 0.659. The Morgan fingerprint density at radius 1 is 1.30 bits per heavy atom. The molecule has 2 heterocycles. The van der Waals surface area contributed by atoms with Crippen molar-refractivity contribution in [1.29, 1.82) is 0 Å². The number of nitrogens with one attached hydrogen (secondary N) is 1. The minimum atomic E-state index is -5.08. The lowest BCUT2D eigenvalue weighted by Crippen LogP contribution is -2.48. The van der Waals surface area contributed by atoms with Gasteiger partial charge in [0.15, 0.2) is 0 Å². The van der Waals surface area contributed by atoms with Gasteiger partial charge < -0.3 is 15.5 Å². The minimum Gasteiger partial charge on any atom is -0.475 e. The average Bonchev–Trinajstić information content (AvgIpc) is 2.76. The molecule has 0 amide bonds. The number of hydrogen-bond donors (Lipinski definition) is 3. The van der Waals surface area contributed by atoms with Crippen LogP contribution >= 0.6 is 0 Å². The first kappa shape index (κ1) is 20.0. The molecule has 5 nitrogen and oxygen atoms in total. The van der Waals surface area contributed by atoms with Crippen molar-refractivity contribution >= 4 is 5.97 Å². The van der Waals surface area contributed by atoms with Gasteiger partial charge in [0.2, 0.25) is 0 Å². The van der Waals surface area contributed by atoms with E-state index in [1.165, 1.54) is 0 Å². The van der Waals surface area contributed by atoms with Gasteiger partial charge in [-0.3, -0.25) is 4.90 Å². The number of piperidine rings is 1. The molecule has 0 aromatic carbocycles. The number of carboxylic acid groups (broad SMARTS) is 1. The molecule has 2 saturated heterocycles. The lowest BCUT2D eigenvalue weighted by atomic mass is 10.0. The maximum Gasteiger partial charge on any atom is 0.490 e. The van der Waals surface area contributed by atoms with Crippen molar-refractivity contribution in [3.05, 3.63) is 0 Å². The second-order valence-electron chi connectivity index (χ2n) is 5.82. The Kier molecular flexibility index (Phi) is 6.72. The highest BCUT2D eigenvalue weighted by Crippen LogP contribution is 2.36. The van der Waals surface area contributed by atoms with Gasteiger partial charge in [0, 0.05) is 18.5 Å². The molecule has 0 bridgehead atoms. The maximum absolute atomic E-state index is 13.4. The highest BCUT2D eigenvalue weighted by Gasteiger charge is 2.48. The lowest BCUT2D eigenvalue weighted by molar-refractivity contribution is -0.192. The van der Waals surface area contributed by atoms with Crippen LogP contribution < -0.4 is 5.32 Å². The number of aliphatic hydroxyl groups is 1. The number of hydrogen-bond acceptors (Lipinski definition) is 4. The third-order valence-corrected chi connectivity index (χ3v) is 3.92. The molecule has 3 N–H and O–H groups in total. The molecular formula is C13H21F5N2O3. The number of carbonyl (C=O) groups is 1. The number of aliphatic hydroxyl groups excluding tert-OH is 1. The highest BCUT2D eigenvalue weighted by atomic mass is 19.4. The molecule has 2 aliphatic heterocycles. The predicted molar refractivity (Wildman–Crippen MR) is 71.3 cm³/mol. The summed E-state index contributed by atoms with van der Waals surface area (Å²) < 4.78 is 58.5. The maximum atomic E-state index is 13.4. The number of halogens is 5. The summed E-state index contributed by atoms with van der Waals surface area (Å²) in [7, 11) is 0. The molecule has 2 aliphatic rings. The van der Waals surface area contributed by atoms with Gasteiger partial charge in [0.1, 0.15) is 0 Å². The number of aliphatic carboxylic acids is 1. The van der Waals surface area contributed by atoms with Gasteiger partial charge in [-0.2, -0.15) is 13.2 Å². The zero-order chi connectivity index (χ0) is 17.8. The van der Waals surface area contributed by atoms with Gasteiger partial charge in [-0.05, 0) is 32.9 Å². The second kappa shape index (κ2) is 7.71. The van der Waals surface area contributed by atoms with Crippen LogP contribution in [-0.4, -0.2) is 71.0 Å². The van der Waals surface area contributed by atoms with E-state index in [1.807, 2.05) is 4.90 Å². The third kappa shape index (κ3) is 6.19. The molecule has 0 radical (unpaired) electrons. The summed E-state index contributed by atoms with van der Waals surface area (Å²) in [6.45, 7) is 3.20. The van der Waals surface area contributed by atoms with Crippen molar-refractivity contribution < 1.29 is 37.0 Å². The Balaban J connectivity index is 0.000000322. The zero-order valence-corrected chi connectivity index (χ0v) is 12.6. The van der Waals surface area contributed by atoms with Crippen molar-refractivity contribution in [1.82, 2.24) is 10.2 Å². The van der Waals surface area contributed by atoms with Gasteiger partial charge >= 0.3 is 12.1 Å². The monoisotopic (exact) mass is 348 g/mol. The molecule has 136 valence electrons. The smallest absolute Gasteiger partial charge is 0.475 e. The summed E-state index contributed by atoms with van der Waals surface area (Å²) in [4.78, 5) is 10.7. The van der Waals surface area contributed by atoms with Crippen LogP contribution in [0.5, 0.6) is 0 Å². The molecule has 1 unspecified atom stereocenters. The zero-order valence-electron chi connectivity index (χ0n) is 12.6. The van der Waals surface area contributed by atoms with E-state index < -0.39 is 24.2 Å². The van der Waals surface area contributed by atoms with E-state index in [-0.39, 0.29) is 25.0 Å². The molecule has 0 spiro atoms. The standard InChI is InChI=1S/C11H20F2N2O.C2HF3O2/c1-8(16)10-6-11(12,13)7-15(10)9-2-4-14-5-3-9;3-2(4,5)1(6)7/h8-10,14,16H,2-7H2,1H3;(H,6,7)/t8?,10-;/m1./s1.